The Morgan fingerprint density at radius 1 is 1.14 bits per heavy atom. The molecule has 0 radical (unpaired) electrons. The van der Waals surface area contributed by atoms with Gasteiger partial charge in [-0.2, -0.15) is 0 Å². The number of methoxy groups -OCH3 is 1. The number of hydrogen-bond acceptors (Lipinski definition) is 9. The van der Waals surface area contributed by atoms with Crippen LogP contribution in [0, 0.1) is 0 Å². The molecule has 190 valence electrons. The molecule has 5 atom stereocenters. The minimum Gasteiger partial charge on any atom is -0.494 e. The first-order valence-electron chi connectivity index (χ1n) is 11.4. The van der Waals surface area contributed by atoms with Gasteiger partial charge in [-0.3, -0.25) is 0 Å². The smallest absolute Gasteiger partial charge is 0.494 e. The van der Waals surface area contributed by atoms with Crippen molar-refractivity contribution in [1.82, 2.24) is 0 Å². The average molecular weight is 509 g/mol. The molecule has 2 fully saturated rings. The lowest BCUT2D eigenvalue weighted by molar-refractivity contribution is -0.375. The summed E-state index contributed by atoms with van der Waals surface area (Å²) < 4.78 is 33.3. The topological polar surface area (TPSA) is 113 Å². The molecule has 0 aromatic heterocycles. The van der Waals surface area contributed by atoms with E-state index < -0.39 is 36.0 Å². The molecular weight excluding hydrogens is 480 g/mol. The Hall–Kier alpha value is -2.40. The number of rotatable bonds is 8. The fourth-order valence-electron chi connectivity index (χ4n) is 4.41. The first kappa shape index (κ1) is 25.7. The van der Waals surface area contributed by atoms with Crippen molar-refractivity contribution in [2.24, 2.45) is 0 Å². The third-order valence-corrected chi connectivity index (χ3v) is 6.55. The predicted molar refractivity (Wildman–Crippen MR) is 124 cm³/mol. The second kappa shape index (κ2) is 10.3. The van der Waals surface area contributed by atoms with Crippen LogP contribution in [0.25, 0.3) is 0 Å². The maximum absolute atomic E-state index is 12.2. The summed E-state index contributed by atoms with van der Waals surface area (Å²) in [7, 11) is 1.33. The summed E-state index contributed by atoms with van der Waals surface area (Å²) in [4.78, 5) is 12.2. The first-order chi connectivity index (χ1) is 16.8. The second-order valence-corrected chi connectivity index (χ2v) is 8.70. The van der Waals surface area contributed by atoms with Crippen molar-refractivity contribution in [3.8, 4) is 5.75 Å². The Labute approximate surface area is 208 Å². The van der Waals surface area contributed by atoms with Gasteiger partial charge in [0.05, 0.1) is 13.2 Å². The van der Waals surface area contributed by atoms with Crippen molar-refractivity contribution < 1.29 is 43.4 Å². The highest BCUT2D eigenvalue weighted by molar-refractivity contribution is 6.31. The molecule has 2 aromatic rings. The number of aliphatic hydroxyl groups excluding tert-OH is 2. The minimum atomic E-state index is -1.76. The molecule has 2 heterocycles. The van der Waals surface area contributed by atoms with Crippen LogP contribution in [0.2, 0.25) is 5.02 Å². The van der Waals surface area contributed by atoms with Crippen LogP contribution in [0.5, 0.6) is 5.75 Å². The number of ether oxygens (including phenoxy) is 6. The number of benzene rings is 2. The van der Waals surface area contributed by atoms with Crippen LogP contribution in [-0.4, -0.2) is 67.4 Å². The van der Waals surface area contributed by atoms with Gasteiger partial charge in [-0.1, -0.05) is 29.8 Å². The highest BCUT2D eigenvalue weighted by atomic mass is 35.5. The fraction of sp³-hybridized carbons (Fsp3) is 0.480. The average Bonchev–Trinajstić information content (AvgIpc) is 3.23. The monoisotopic (exact) mass is 508 g/mol. The quantitative estimate of drug-likeness (QED) is 0.519. The zero-order valence-corrected chi connectivity index (χ0v) is 20.5. The van der Waals surface area contributed by atoms with Gasteiger partial charge in [0.1, 0.15) is 24.6 Å². The summed E-state index contributed by atoms with van der Waals surface area (Å²) in [5.74, 6) is -2.64. The van der Waals surface area contributed by atoms with Crippen LogP contribution in [0.1, 0.15) is 30.5 Å². The molecule has 2 aromatic carbocycles. The van der Waals surface area contributed by atoms with Crippen LogP contribution in [-0.2, 0) is 35.9 Å². The normalized spacial score (nSPS) is 29.6. The number of hydrogen-bond donors (Lipinski definition) is 2. The summed E-state index contributed by atoms with van der Waals surface area (Å²) in [6, 6.07) is 12.7. The summed E-state index contributed by atoms with van der Waals surface area (Å²) in [5, 5.41) is 22.1. The van der Waals surface area contributed by atoms with E-state index in [1.165, 1.54) is 7.11 Å². The molecule has 9 nitrogen and oxygen atoms in total. The van der Waals surface area contributed by atoms with E-state index in [0.717, 1.165) is 16.9 Å². The van der Waals surface area contributed by atoms with Gasteiger partial charge in [-0.25, -0.2) is 4.79 Å². The molecule has 5 unspecified atom stereocenters. The third-order valence-electron chi connectivity index (χ3n) is 6.18. The number of fused-ring (bicyclic) bond motifs is 2. The van der Waals surface area contributed by atoms with Crippen molar-refractivity contribution in [3.63, 3.8) is 0 Å². The van der Waals surface area contributed by atoms with E-state index in [0.29, 0.717) is 23.6 Å². The zero-order valence-electron chi connectivity index (χ0n) is 19.7. The Bertz CT molecular complexity index is 1050. The minimum absolute atomic E-state index is 0.0636. The molecule has 4 rings (SSSR count). The molecule has 35 heavy (non-hydrogen) atoms. The zero-order chi connectivity index (χ0) is 25.2. The molecule has 0 spiro atoms. The van der Waals surface area contributed by atoms with Gasteiger partial charge in [0, 0.05) is 17.7 Å². The summed E-state index contributed by atoms with van der Waals surface area (Å²) in [6.07, 6.45) is -5.12. The summed E-state index contributed by atoms with van der Waals surface area (Å²) >= 11 is 6.51. The third kappa shape index (κ3) is 4.72. The van der Waals surface area contributed by atoms with Crippen molar-refractivity contribution in [3.05, 3.63) is 64.2 Å². The van der Waals surface area contributed by atoms with Crippen LogP contribution in [0.4, 0.5) is 4.79 Å². The van der Waals surface area contributed by atoms with Crippen molar-refractivity contribution in [1.29, 1.82) is 0 Å². The second-order valence-electron chi connectivity index (χ2n) is 8.29. The van der Waals surface area contributed by atoms with Crippen LogP contribution in [0.3, 0.4) is 0 Å². The Morgan fingerprint density at radius 2 is 1.89 bits per heavy atom. The van der Waals surface area contributed by atoms with Gasteiger partial charge < -0.3 is 38.6 Å². The van der Waals surface area contributed by atoms with Crippen molar-refractivity contribution >= 4 is 17.8 Å². The van der Waals surface area contributed by atoms with Crippen LogP contribution in [0.15, 0.2) is 42.5 Å². The first-order valence-corrected chi connectivity index (χ1v) is 11.8. The molecular formula is C25H29ClO9. The van der Waals surface area contributed by atoms with E-state index in [4.69, 9.17) is 40.0 Å². The number of carbonyl (C=O) groups is 1. The lowest BCUT2D eigenvalue weighted by Gasteiger charge is -2.46. The molecule has 0 amide bonds. The molecule has 2 aliphatic rings. The molecule has 0 aliphatic carbocycles. The number of aliphatic hydroxyl groups is 2. The Balaban J connectivity index is 1.70. The molecule has 2 aliphatic heterocycles. The number of halogens is 1. The van der Waals surface area contributed by atoms with E-state index >= 15 is 0 Å². The van der Waals surface area contributed by atoms with E-state index in [1.54, 1.807) is 25.1 Å². The Morgan fingerprint density at radius 3 is 2.54 bits per heavy atom. The van der Waals surface area contributed by atoms with Gasteiger partial charge in [0.2, 0.25) is 11.6 Å². The molecule has 0 saturated carbocycles. The van der Waals surface area contributed by atoms with Crippen molar-refractivity contribution in [2.45, 2.75) is 50.2 Å². The van der Waals surface area contributed by atoms with E-state index in [-0.39, 0.29) is 13.2 Å². The van der Waals surface area contributed by atoms with Gasteiger partial charge in [-0.15, -0.1) is 0 Å². The fourth-order valence-corrected chi connectivity index (χ4v) is 4.59. The highest BCUT2D eigenvalue weighted by Gasteiger charge is 2.69. The van der Waals surface area contributed by atoms with Gasteiger partial charge >= 0.3 is 6.16 Å². The molecule has 10 heteroatoms. The molecule has 2 N–H and O–H groups in total. The maximum atomic E-state index is 12.2. The van der Waals surface area contributed by atoms with E-state index in [1.807, 2.05) is 31.2 Å². The van der Waals surface area contributed by atoms with Crippen molar-refractivity contribution in [2.75, 3.05) is 26.9 Å². The van der Waals surface area contributed by atoms with Crippen LogP contribution < -0.4 is 4.74 Å². The lowest BCUT2D eigenvalue weighted by atomic mass is 9.87. The Kier molecular flexibility index (Phi) is 7.56. The summed E-state index contributed by atoms with van der Waals surface area (Å²) in [6.45, 7) is 3.97. The van der Waals surface area contributed by atoms with E-state index in [9.17, 15) is 15.0 Å². The standard InChI is InChI=1S/C25H29ClO9/c1-4-31-18-9-6-15(7-10-18)12-16-13-17(8-11-19(16)26)25-22(34-23(29)32-5-2)20(27)21(28)24(30-3,35-25)14-33-25/h6-11,13,20-22,27-28H,4-5,12,14H2,1-3H3. The lowest BCUT2D eigenvalue weighted by Crippen LogP contribution is -2.66. The highest BCUT2D eigenvalue weighted by Crippen LogP contribution is 2.51. The van der Waals surface area contributed by atoms with Gasteiger partial charge in [-0.05, 0) is 55.7 Å². The van der Waals surface area contributed by atoms with Gasteiger partial charge in [0.15, 0.2) is 6.10 Å². The number of carbonyl (C=O) groups excluding carboxylic acids is 1. The maximum Gasteiger partial charge on any atom is 0.508 e. The SMILES string of the molecule is CCOC(=O)OC1C(O)C(O)C2(OC)COC1(c1ccc(Cl)c(Cc3ccc(OCC)cc3)c1)O2. The predicted octanol–water partition coefficient (Wildman–Crippen LogP) is 3.15. The molecule has 2 saturated heterocycles. The molecule has 2 bridgehead atoms. The van der Waals surface area contributed by atoms with E-state index in [2.05, 4.69) is 0 Å². The summed E-state index contributed by atoms with van der Waals surface area (Å²) in [5.41, 5.74) is 2.17. The largest absolute Gasteiger partial charge is 0.508 e. The van der Waals surface area contributed by atoms with Gasteiger partial charge in [0.25, 0.3) is 0 Å². The van der Waals surface area contributed by atoms with Crippen LogP contribution >= 0.6 is 11.6 Å².